The van der Waals surface area contributed by atoms with Crippen molar-refractivity contribution in [2.45, 2.75) is 6.54 Å². The van der Waals surface area contributed by atoms with Crippen LogP contribution in [0.15, 0.2) is 48.5 Å². The number of benzene rings is 2. The van der Waals surface area contributed by atoms with Crippen LogP contribution in [-0.2, 0) is 6.54 Å². The van der Waals surface area contributed by atoms with Crippen LogP contribution in [-0.4, -0.2) is 10.8 Å². The van der Waals surface area contributed by atoms with E-state index in [-0.39, 0.29) is 11.6 Å². The Hall–Kier alpha value is -2.73. The van der Waals surface area contributed by atoms with Crippen molar-refractivity contribution in [1.82, 2.24) is 0 Å². The maximum Gasteiger partial charge on any atom is 0.269 e. The van der Waals surface area contributed by atoms with Crippen molar-refractivity contribution in [2.75, 3.05) is 5.32 Å². The van der Waals surface area contributed by atoms with E-state index < -0.39 is 4.92 Å². The molecule has 102 valence electrons. The first kappa shape index (κ1) is 13.7. The lowest BCUT2D eigenvalue weighted by atomic mass is 10.1. The first-order chi connectivity index (χ1) is 9.61. The van der Waals surface area contributed by atoms with Crippen LogP contribution in [0.5, 0.6) is 0 Å². The average Bonchev–Trinajstić information content (AvgIpc) is 2.48. The van der Waals surface area contributed by atoms with E-state index in [1.807, 2.05) is 12.1 Å². The minimum absolute atomic E-state index is 0.0519. The number of nitro groups is 1. The Labute approximate surface area is 115 Å². The SMILES string of the molecule is NCc1ccccc1NC(=O)c1ccc([N+](=O)[O-])cc1. The zero-order valence-corrected chi connectivity index (χ0v) is 10.6. The second-order valence-electron chi connectivity index (χ2n) is 4.12. The van der Waals surface area contributed by atoms with Gasteiger partial charge >= 0.3 is 0 Å². The third kappa shape index (κ3) is 2.99. The van der Waals surface area contributed by atoms with Crippen LogP contribution in [0.4, 0.5) is 11.4 Å². The summed E-state index contributed by atoms with van der Waals surface area (Å²) in [7, 11) is 0. The zero-order chi connectivity index (χ0) is 14.5. The Morgan fingerprint density at radius 3 is 2.40 bits per heavy atom. The monoisotopic (exact) mass is 271 g/mol. The molecule has 6 heteroatoms. The van der Waals surface area contributed by atoms with Crippen molar-refractivity contribution in [3.8, 4) is 0 Å². The molecule has 0 radical (unpaired) electrons. The van der Waals surface area contributed by atoms with E-state index in [4.69, 9.17) is 5.73 Å². The van der Waals surface area contributed by atoms with Gasteiger partial charge in [0.2, 0.25) is 0 Å². The second-order valence-corrected chi connectivity index (χ2v) is 4.12. The van der Waals surface area contributed by atoms with Gasteiger partial charge in [0, 0.05) is 29.9 Å². The number of nitrogens with one attached hydrogen (secondary N) is 1. The Bertz CT molecular complexity index is 638. The number of nitrogens with two attached hydrogens (primary N) is 1. The smallest absolute Gasteiger partial charge is 0.269 e. The van der Waals surface area contributed by atoms with Crippen molar-refractivity contribution < 1.29 is 9.72 Å². The van der Waals surface area contributed by atoms with Crippen LogP contribution in [0, 0.1) is 10.1 Å². The maximum atomic E-state index is 12.0. The molecule has 2 rings (SSSR count). The van der Waals surface area contributed by atoms with Crippen LogP contribution in [0.25, 0.3) is 0 Å². The highest BCUT2D eigenvalue weighted by Crippen LogP contribution is 2.17. The van der Waals surface area contributed by atoms with Gasteiger partial charge in [0.1, 0.15) is 0 Å². The molecule has 0 spiro atoms. The molecule has 0 heterocycles. The molecule has 0 fully saturated rings. The molecule has 0 aliphatic heterocycles. The molecule has 20 heavy (non-hydrogen) atoms. The van der Waals surface area contributed by atoms with E-state index in [0.29, 0.717) is 17.8 Å². The summed E-state index contributed by atoms with van der Waals surface area (Å²) in [6.07, 6.45) is 0. The summed E-state index contributed by atoms with van der Waals surface area (Å²) < 4.78 is 0. The number of para-hydroxylation sites is 1. The molecule has 0 aliphatic carbocycles. The minimum atomic E-state index is -0.509. The highest BCUT2D eigenvalue weighted by Gasteiger charge is 2.10. The summed E-state index contributed by atoms with van der Waals surface area (Å²) in [5.41, 5.74) is 7.35. The number of non-ortho nitro benzene ring substituents is 1. The quantitative estimate of drug-likeness (QED) is 0.658. The van der Waals surface area contributed by atoms with Crippen molar-refractivity contribution in [1.29, 1.82) is 0 Å². The Morgan fingerprint density at radius 1 is 1.15 bits per heavy atom. The molecule has 0 aromatic heterocycles. The zero-order valence-electron chi connectivity index (χ0n) is 10.6. The van der Waals surface area contributed by atoms with Gasteiger partial charge in [0.15, 0.2) is 0 Å². The number of nitrogens with zero attached hydrogens (tertiary/aromatic N) is 1. The van der Waals surface area contributed by atoms with Gasteiger partial charge in [-0.1, -0.05) is 18.2 Å². The lowest BCUT2D eigenvalue weighted by Gasteiger charge is -2.09. The van der Waals surface area contributed by atoms with E-state index in [1.165, 1.54) is 24.3 Å². The summed E-state index contributed by atoms with van der Waals surface area (Å²) in [5.74, 6) is -0.333. The van der Waals surface area contributed by atoms with Gasteiger partial charge in [-0.2, -0.15) is 0 Å². The number of anilines is 1. The fourth-order valence-electron chi connectivity index (χ4n) is 1.75. The van der Waals surface area contributed by atoms with Crippen LogP contribution in [0.3, 0.4) is 0 Å². The standard InChI is InChI=1S/C14H13N3O3/c15-9-11-3-1-2-4-13(11)16-14(18)10-5-7-12(8-6-10)17(19)20/h1-8H,9,15H2,(H,16,18). The first-order valence-electron chi connectivity index (χ1n) is 5.95. The molecule has 0 unspecified atom stereocenters. The van der Waals surface area contributed by atoms with Gasteiger partial charge in [-0.3, -0.25) is 14.9 Å². The molecular formula is C14H13N3O3. The average molecular weight is 271 g/mol. The van der Waals surface area contributed by atoms with Crippen LogP contribution < -0.4 is 11.1 Å². The molecule has 0 saturated heterocycles. The lowest BCUT2D eigenvalue weighted by Crippen LogP contribution is -2.14. The highest BCUT2D eigenvalue weighted by atomic mass is 16.6. The number of amides is 1. The van der Waals surface area contributed by atoms with Crippen molar-refractivity contribution in [2.24, 2.45) is 5.73 Å². The maximum absolute atomic E-state index is 12.0. The fraction of sp³-hybridized carbons (Fsp3) is 0.0714. The summed E-state index contributed by atoms with van der Waals surface area (Å²) >= 11 is 0. The molecule has 2 aromatic carbocycles. The van der Waals surface area contributed by atoms with E-state index in [0.717, 1.165) is 5.56 Å². The summed E-state index contributed by atoms with van der Waals surface area (Å²) in [5, 5.41) is 13.3. The molecule has 2 aromatic rings. The number of carbonyl (C=O) groups excluding carboxylic acids is 1. The van der Waals surface area contributed by atoms with Gasteiger partial charge in [-0.25, -0.2) is 0 Å². The summed E-state index contributed by atoms with van der Waals surface area (Å²) in [4.78, 5) is 22.1. The molecule has 0 saturated carbocycles. The number of carbonyl (C=O) groups is 1. The molecule has 0 atom stereocenters. The first-order valence-corrected chi connectivity index (χ1v) is 5.95. The molecule has 1 amide bonds. The topological polar surface area (TPSA) is 98.3 Å². The number of nitro benzene ring substituents is 1. The van der Waals surface area contributed by atoms with Crippen LogP contribution in [0.2, 0.25) is 0 Å². The fourth-order valence-corrected chi connectivity index (χ4v) is 1.75. The molecule has 0 aliphatic rings. The highest BCUT2D eigenvalue weighted by molar-refractivity contribution is 6.04. The summed E-state index contributed by atoms with van der Waals surface area (Å²) in [6.45, 7) is 0.316. The third-order valence-corrected chi connectivity index (χ3v) is 2.83. The number of rotatable bonds is 4. The van der Waals surface area contributed by atoms with E-state index >= 15 is 0 Å². The lowest BCUT2D eigenvalue weighted by molar-refractivity contribution is -0.384. The Morgan fingerprint density at radius 2 is 1.80 bits per heavy atom. The minimum Gasteiger partial charge on any atom is -0.326 e. The van der Waals surface area contributed by atoms with Crippen molar-refractivity contribution in [3.63, 3.8) is 0 Å². The predicted molar refractivity (Wildman–Crippen MR) is 75.4 cm³/mol. The van der Waals surface area contributed by atoms with Gasteiger partial charge in [-0.15, -0.1) is 0 Å². The van der Waals surface area contributed by atoms with Crippen molar-refractivity contribution in [3.05, 3.63) is 69.8 Å². The van der Waals surface area contributed by atoms with Gasteiger partial charge in [-0.05, 0) is 23.8 Å². The van der Waals surface area contributed by atoms with Gasteiger partial charge in [0.05, 0.1) is 4.92 Å². The van der Waals surface area contributed by atoms with Gasteiger partial charge in [0.25, 0.3) is 11.6 Å². The van der Waals surface area contributed by atoms with Crippen LogP contribution >= 0.6 is 0 Å². The van der Waals surface area contributed by atoms with Gasteiger partial charge < -0.3 is 11.1 Å². The Kier molecular flexibility index (Phi) is 4.07. The number of hydrogen-bond acceptors (Lipinski definition) is 4. The largest absolute Gasteiger partial charge is 0.326 e. The van der Waals surface area contributed by atoms with E-state index in [2.05, 4.69) is 5.32 Å². The molecule has 0 bridgehead atoms. The predicted octanol–water partition coefficient (Wildman–Crippen LogP) is 2.31. The normalized spacial score (nSPS) is 10.1. The molecule has 3 N–H and O–H groups in total. The van der Waals surface area contributed by atoms with Crippen LogP contribution in [0.1, 0.15) is 15.9 Å². The summed E-state index contributed by atoms with van der Waals surface area (Å²) in [6, 6.07) is 12.6. The Balaban J connectivity index is 2.17. The van der Waals surface area contributed by atoms with Crippen molar-refractivity contribution >= 4 is 17.3 Å². The van der Waals surface area contributed by atoms with E-state index in [9.17, 15) is 14.9 Å². The second kappa shape index (κ2) is 5.94. The molecular weight excluding hydrogens is 258 g/mol. The number of hydrogen-bond donors (Lipinski definition) is 2. The third-order valence-electron chi connectivity index (χ3n) is 2.83. The molecule has 6 nitrogen and oxygen atoms in total. The van der Waals surface area contributed by atoms with E-state index in [1.54, 1.807) is 12.1 Å².